The number of halogens is 1. The third-order valence-electron chi connectivity index (χ3n) is 2.97. The van der Waals surface area contributed by atoms with Crippen LogP contribution in [0.2, 0.25) is 5.15 Å². The van der Waals surface area contributed by atoms with Crippen molar-refractivity contribution in [2.24, 2.45) is 7.05 Å². The Balaban J connectivity index is 2.04. The van der Waals surface area contributed by atoms with Gasteiger partial charge in [0.25, 0.3) is 10.0 Å². The average molecular weight is 330 g/mol. The predicted octanol–water partition coefficient (Wildman–Crippen LogP) is 1.60. The van der Waals surface area contributed by atoms with Gasteiger partial charge in [-0.05, 0) is 18.1 Å². The van der Waals surface area contributed by atoms with E-state index in [0.29, 0.717) is 6.42 Å². The summed E-state index contributed by atoms with van der Waals surface area (Å²) in [5.74, 6) is 0.729. The first-order chi connectivity index (χ1) is 9.95. The third kappa shape index (κ3) is 3.55. The molecule has 0 bridgehead atoms. The summed E-state index contributed by atoms with van der Waals surface area (Å²) in [5, 5.41) is -0.0773. The van der Waals surface area contributed by atoms with Crippen LogP contribution < -0.4 is 9.46 Å². The minimum Gasteiger partial charge on any atom is -0.496 e. The van der Waals surface area contributed by atoms with Crippen molar-refractivity contribution in [2.75, 3.05) is 13.7 Å². The maximum Gasteiger partial charge on any atom is 0.261 e. The Hall–Kier alpha value is -1.57. The maximum absolute atomic E-state index is 12.1. The van der Waals surface area contributed by atoms with Crippen LogP contribution in [0, 0.1) is 0 Å². The van der Waals surface area contributed by atoms with E-state index in [1.54, 1.807) is 14.2 Å². The Morgan fingerprint density at radius 1 is 1.38 bits per heavy atom. The molecule has 1 heterocycles. The fourth-order valence-corrected chi connectivity index (χ4v) is 3.33. The van der Waals surface area contributed by atoms with Crippen molar-refractivity contribution >= 4 is 21.6 Å². The van der Waals surface area contributed by atoms with Crippen LogP contribution >= 0.6 is 11.6 Å². The van der Waals surface area contributed by atoms with Gasteiger partial charge in [-0.2, -0.15) is 0 Å². The van der Waals surface area contributed by atoms with Crippen LogP contribution in [0.3, 0.4) is 0 Å². The number of rotatable bonds is 6. The summed E-state index contributed by atoms with van der Waals surface area (Å²) in [6.45, 7) is 0.232. The first kappa shape index (κ1) is 15.8. The van der Waals surface area contributed by atoms with Crippen LogP contribution in [-0.4, -0.2) is 31.6 Å². The smallest absolute Gasteiger partial charge is 0.261 e. The second-order valence-corrected chi connectivity index (χ2v) is 6.45. The van der Waals surface area contributed by atoms with Crippen LogP contribution in [0.15, 0.2) is 35.6 Å². The van der Waals surface area contributed by atoms with Gasteiger partial charge in [0, 0.05) is 13.6 Å². The molecule has 0 amide bonds. The molecule has 0 saturated heterocycles. The van der Waals surface area contributed by atoms with Gasteiger partial charge in [-0.3, -0.25) is 0 Å². The fraction of sp³-hybridized carbons (Fsp3) is 0.308. The summed E-state index contributed by atoms with van der Waals surface area (Å²) in [6, 6.07) is 7.46. The zero-order valence-electron chi connectivity index (χ0n) is 11.7. The molecule has 2 aromatic rings. The fourth-order valence-electron chi connectivity index (χ4n) is 1.87. The molecule has 0 fully saturated rings. The van der Waals surface area contributed by atoms with Crippen molar-refractivity contribution in [3.8, 4) is 5.75 Å². The summed E-state index contributed by atoms with van der Waals surface area (Å²) < 4.78 is 33.4. The number of aryl methyl sites for hydroxylation is 1. The molecule has 0 atom stereocenters. The van der Waals surface area contributed by atoms with Crippen molar-refractivity contribution < 1.29 is 13.2 Å². The highest BCUT2D eigenvalue weighted by Crippen LogP contribution is 2.19. The molecule has 21 heavy (non-hydrogen) atoms. The normalized spacial score (nSPS) is 11.6. The summed E-state index contributed by atoms with van der Waals surface area (Å²) in [5.41, 5.74) is 0.926. The van der Waals surface area contributed by atoms with Crippen LogP contribution in [-0.2, 0) is 23.5 Å². The number of aromatic nitrogens is 2. The maximum atomic E-state index is 12.1. The van der Waals surface area contributed by atoms with Crippen LogP contribution in [0.4, 0.5) is 0 Å². The zero-order valence-corrected chi connectivity index (χ0v) is 13.3. The molecule has 1 N–H and O–H groups in total. The van der Waals surface area contributed by atoms with E-state index < -0.39 is 10.0 Å². The van der Waals surface area contributed by atoms with E-state index >= 15 is 0 Å². The Morgan fingerprint density at radius 2 is 2.10 bits per heavy atom. The minimum absolute atomic E-state index is 0.0831. The van der Waals surface area contributed by atoms with Gasteiger partial charge in [-0.15, -0.1) is 0 Å². The SMILES string of the molecule is COc1ccccc1CCNS(=O)(=O)c1ncn(C)c1Cl. The summed E-state index contributed by atoms with van der Waals surface area (Å²) in [7, 11) is -0.506. The van der Waals surface area contributed by atoms with E-state index in [2.05, 4.69) is 9.71 Å². The Morgan fingerprint density at radius 3 is 2.71 bits per heavy atom. The number of nitrogens with zero attached hydrogens (tertiary/aromatic N) is 2. The van der Waals surface area contributed by atoms with Gasteiger partial charge in [0.05, 0.1) is 13.4 Å². The molecule has 2 rings (SSSR count). The number of para-hydroxylation sites is 1. The standard InChI is InChI=1S/C13H16ClN3O3S/c1-17-9-15-13(12(17)14)21(18,19)16-8-7-10-5-3-4-6-11(10)20-2/h3-6,9,16H,7-8H2,1-2H3. The van der Waals surface area contributed by atoms with Crippen molar-refractivity contribution in [1.29, 1.82) is 0 Å². The number of nitrogens with one attached hydrogen (secondary N) is 1. The van der Waals surface area contributed by atoms with E-state index in [9.17, 15) is 8.42 Å². The number of methoxy groups -OCH3 is 1. The Bertz CT molecular complexity index is 728. The molecule has 0 aliphatic carbocycles. The van der Waals surface area contributed by atoms with Gasteiger partial charge < -0.3 is 9.30 Å². The number of imidazole rings is 1. The topological polar surface area (TPSA) is 73.2 Å². The molecule has 0 radical (unpaired) electrons. The van der Waals surface area contributed by atoms with Gasteiger partial charge in [0.1, 0.15) is 10.9 Å². The lowest BCUT2D eigenvalue weighted by Gasteiger charge is -2.09. The quantitative estimate of drug-likeness (QED) is 0.873. The van der Waals surface area contributed by atoms with Crippen molar-refractivity contribution in [3.05, 3.63) is 41.3 Å². The number of hydrogen-bond acceptors (Lipinski definition) is 4. The molecule has 1 aromatic carbocycles. The van der Waals surface area contributed by atoms with Gasteiger partial charge in [-0.25, -0.2) is 18.1 Å². The van der Waals surface area contributed by atoms with E-state index in [4.69, 9.17) is 16.3 Å². The number of ether oxygens (including phenoxy) is 1. The second kappa shape index (κ2) is 6.46. The highest BCUT2D eigenvalue weighted by molar-refractivity contribution is 7.89. The monoisotopic (exact) mass is 329 g/mol. The summed E-state index contributed by atoms with van der Waals surface area (Å²) in [4.78, 5) is 3.80. The minimum atomic E-state index is -3.71. The molecule has 0 aliphatic heterocycles. The average Bonchev–Trinajstić information content (AvgIpc) is 2.80. The third-order valence-corrected chi connectivity index (χ3v) is 4.92. The Labute approximate surface area is 128 Å². The Kier molecular flexibility index (Phi) is 4.87. The van der Waals surface area contributed by atoms with Crippen molar-refractivity contribution in [3.63, 3.8) is 0 Å². The molecular formula is C13H16ClN3O3S. The molecule has 0 unspecified atom stereocenters. The zero-order chi connectivity index (χ0) is 15.5. The summed E-state index contributed by atoms with van der Waals surface area (Å²) >= 11 is 5.90. The number of benzene rings is 1. The lowest BCUT2D eigenvalue weighted by molar-refractivity contribution is 0.409. The van der Waals surface area contributed by atoms with Gasteiger partial charge in [-0.1, -0.05) is 29.8 Å². The number of hydrogen-bond donors (Lipinski definition) is 1. The van der Waals surface area contributed by atoms with Gasteiger partial charge in [0.2, 0.25) is 5.03 Å². The lowest BCUT2D eigenvalue weighted by Crippen LogP contribution is -2.26. The van der Waals surface area contributed by atoms with E-state index in [1.165, 1.54) is 10.9 Å². The molecule has 1 aromatic heterocycles. The van der Waals surface area contributed by atoms with E-state index in [0.717, 1.165) is 11.3 Å². The highest BCUT2D eigenvalue weighted by Gasteiger charge is 2.21. The lowest BCUT2D eigenvalue weighted by atomic mass is 10.1. The molecular weight excluding hydrogens is 314 g/mol. The van der Waals surface area contributed by atoms with Gasteiger partial charge in [0.15, 0.2) is 0 Å². The van der Waals surface area contributed by atoms with Crippen LogP contribution in [0.5, 0.6) is 5.75 Å². The van der Waals surface area contributed by atoms with Crippen LogP contribution in [0.25, 0.3) is 0 Å². The molecule has 114 valence electrons. The highest BCUT2D eigenvalue weighted by atomic mass is 35.5. The molecule has 0 saturated carbocycles. The van der Waals surface area contributed by atoms with Crippen molar-refractivity contribution in [2.45, 2.75) is 11.4 Å². The summed E-state index contributed by atoms with van der Waals surface area (Å²) in [6.07, 6.45) is 1.87. The van der Waals surface area contributed by atoms with E-state index in [-0.39, 0.29) is 16.7 Å². The van der Waals surface area contributed by atoms with Gasteiger partial charge >= 0.3 is 0 Å². The molecule has 8 heteroatoms. The largest absolute Gasteiger partial charge is 0.496 e. The first-order valence-corrected chi connectivity index (χ1v) is 8.10. The second-order valence-electron chi connectivity index (χ2n) is 4.41. The van der Waals surface area contributed by atoms with Crippen LogP contribution in [0.1, 0.15) is 5.56 Å². The predicted molar refractivity (Wildman–Crippen MR) is 80.1 cm³/mol. The molecule has 0 spiro atoms. The number of sulfonamides is 1. The first-order valence-electron chi connectivity index (χ1n) is 6.24. The van der Waals surface area contributed by atoms with E-state index in [1.807, 2.05) is 24.3 Å². The molecule has 0 aliphatic rings. The molecule has 6 nitrogen and oxygen atoms in total. The van der Waals surface area contributed by atoms with Crippen molar-refractivity contribution in [1.82, 2.24) is 14.3 Å².